The molecule has 2 aliphatic heterocycles. The van der Waals surface area contributed by atoms with Gasteiger partial charge in [-0.3, -0.25) is 15.0 Å². The Morgan fingerprint density at radius 3 is 2.33 bits per heavy atom. The van der Waals surface area contributed by atoms with Crippen LogP contribution in [0.3, 0.4) is 0 Å². The highest BCUT2D eigenvalue weighted by Crippen LogP contribution is 2.35. The van der Waals surface area contributed by atoms with Crippen LogP contribution in [0.5, 0.6) is 5.75 Å². The van der Waals surface area contributed by atoms with Crippen LogP contribution in [0.1, 0.15) is 57.0 Å². The normalized spacial score (nSPS) is 19.6. The molecule has 2 atom stereocenters. The number of anilines is 1. The second-order valence-electron chi connectivity index (χ2n) is 11.9. The third-order valence-electron chi connectivity index (χ3n) is 8.65. The van der Waals surface area contributed by atoms with Gasteiger partial charge >= 0.3 is 0 Å². The fourth-order valence-corrected chi connectivity index (χ4v) is 6.14. The molecule has 2 saturated heterocycles. The monoisotopic (exact) mass is 569 g/mol. The molecule has 0 aromatic heterocycles. The molecule has 0 aliphatic carbocycles. The SMILES string of the molecule is COc1ccc(NC(=O)c2ccc(-c3ccc(C(=O)NN4CCCC(N(C)C)C4)cc3C)cc2)cc1C1CCN(C)C1. The molecule has 2 N–H and O–H groups in total. The van der Waals surface area contributed by atoms with E-state index in [2.05, 4.69) is 41.7 Å². The van der Waals surface area contributed by atoms with Crippen molar-refractivity contribution in [2.45, 2.75) is 38.1 Å². The van der Waals surface area contributed by atoms with E-state index >= 15 is 0 Å². The first-order valence-corrected chi connectivity index (χ1v) is 14.8. The number of ether oxygens (including phenoxy) is 1. The Balaban J connectivity index is 1.23. The van der Waals surface area contributed by atoms with Crippen LogP contribution < -0.4 is 15.5 Å². The molecule has 8 heteroatoms. The number of aryl methyl sites for hydroxylation is 1. The van der Waals surface area contributed by atoms with Crippen LogP contribution in [0.2, 0.25) is 0 Å². The average Bonchev–Trinajstić information content (AvgIpc) is 3.43. The van der Waals surface area contributed by atoms with Crippen LogP contribution in [0.4, 0.5) is 5.69 Å². The number of carbonyl (C=O) groups excluding carboxylic acids is 2. The third-order valence-corrected chi connectivity index (χ3v) is 8.65. The molecule has 2 heterocycles. The van der Waals surface area contributed by atoms with Crippen molar-refractivity contribution in [1.82, 2.24) is 20.2 Å². The number of amides is 2. The van der Waals surface area contributed by atoms with Crippen LogP contribution in [0.15, 0.2) is 60.7 Å². The largest absolute Gasteiger partial charge is 0.496 e. The van der Waals surface area contributed by atoms with E-state index in [1.165, 1.54) is 0 Å². The van der Waals surface area contributed by atoms with Crippen molar-refractivity contribution in [1.29, 1.82) is 0 Å². The van der Waals surface area contributed by atoms with Gasteiger partial charge in [0.25, 0.3) is 11.8 Å². The number of rotatable bonds is 8. The van der Waals surface area contributed by atoms with E-state index < -0.39 is 0 Å². The Morgan fingerprint density at radius 2 is 1.67 bits per heavy atom. The predicted molar refractivity (Wildman–Crippen MR) is 168 cm³/mol. The Labute approximate surface area is 249 Å². The zero-order chi connectivity index (χ0) is 29.8. The quantitative estimate of drug-likeness (QED) is 0.397. The first-order valence-electron chi connectivity index (χ1n) is 14.8. The van der Waals surface area contributed by atoms with Gasteiger partial charge in [-0.15, -0.1) is 0 Å². The summed E-state index contributed by atoms with van der Waals surface area (Å²) in [5.41, 5.74) is 9.25. The van der Waals surface area contributed by atoms with Gasteiger partial charge in [0.15, 0.2) is 0 Å². The molecule has 3 aromatic rings. The number of nitrogens with zero attached hydrogens (tertiary/aromatic N) is 3. The maximum atomic E-state index is 13.1. The number of likely N-dealkylation sites (N-methyl/N-ethyl adjacent to an activating group) is 2. The van der Waals surface area contributed by atoms with Crippen LogP contribution in [-0.2, 0) is 0 Å². The summed E-state index contributed by atoms with van der Waals surface area (Å²) in [6, 6.07) is 19.7. The van der Waals surface area contributed by atoms with Crippen molar-refractivity contribution >= 4 is 17.5 Å². The van der Waals surface area contributed by atoms with Gasteiger partial charge < -0.3 is 19.9 Å². The minimum atomic E-state index is -0.154. The molecule has 0 bridgehead atoms. The van der Waals surface area contributed by atoms with Crippen LogP contribution >= 0.6 is 0 Å². The lowest BCUT2D eigenvalue weighted by molar-refractivity contribution is 0.0616. The van der Waals surface area contributed by atoms with Crippen molar-refractivity contribution in [2.24, 2.45) is 0 Å². The van der Waals surface area contributed by atoms with E-state index in [9.17, 15) is 9.59 Å². The molecule has 0 radical (unpaired) electrons. The lowest BCUT2D eigenvalue weighted by Gasteiger charge is -2.36. The molecule has 3 aromatic carbocycles. The van der Waals surface area contributed by atoms with E-state index in [4.69, 9.17) is 4.74 Å². The van der Waals surface area contributed by atoms with E-state index in [-0.39, 0.29) is 11.8 Å². The van der Waals surface area contributed by atoms with Crippen LogP contribution in [0.25, 0.3) is 11.1 Å². The Kier molecular flexibility index (Phi) is 9.26. The second-order valence-corrected chi connectivity index (χ2v) is 11.9. The Hall–Kier alpha value is -3.72. The minimum Gasteiger partial charge on any atom is -0.496 e. The Morgan fingerprint density at radius 1 is 0.905 bits per heavy atom. The number of carbonyl (C=O) groups is 2. The maximum absolute atomic E-state index is 13.1. The molecule has 42 heavy (non-hydrogen) atoms. The fraction of sp³-hybridized carbons (Fsp3) is 0.412. The van der Waals surface area contributed by atoms with Crippen LogP contribution in [0, 0.1) is 6.92 Å². The molecule has 2 amide bonds. The number of hydrazine groups is 1. The van der Waals surface area contributed by atoms with Crippen molar-refractivity contribution < 1.29 is 14.3 Å². The molecule has 2 aliphatic rings. The van der Waals surface area contributed by atoms with Crippen molar-refractivity contribution in [3.63, 3.8) is 0 Å². The van der Waals surface area contributed by atoms with Gasteiger partial charge in [0, 0.05) is 54.0 Å². The van der Waals surface area contributed by atoms with E-state index in [0.29, 0.717) is 23.1 Å². The number of benzene rings is 3. The molecule has 222 valence electrons. The number of piperidine rings is 1. The third kappa shape index (κ3) is 6.84. The van der Waals surface area contributed by atoms with Gasteiger partial charge in [-0.2, -0.15) is 0 Å². The zero-order valence-electron chi connectivity index (χ0n) is 25.4. The van der Waals surface area contributed by atoms with Gasteiger partial charge in [0.2, 0.25) is 0 Å². The number of hydrogen-bond acceptors (Lipinski definition) is 6. The summed E-state index contributed by atoms with van der Waals surface area (Å²) >= 11 is 0. The second kappa shape index (κ2) is 13.1. The van der Waals surface area contributed by atoms with Gasteiger partial charge in [0.1, 0.15) is 5.75 Å². The summed E-state index contributed by atoms with van der Waals surface area (Å²) in [4.78, 5) is 30.6. The summed E-state index contributed by atoms with van der Waals surface area (Å²) in [6.07, 6.45) is 3.29. The number of hydrogen-bond donors (Lipinski definition) is 2. The van der Waals surface area contributed by atoms with Crippen molar-refractivity contribution in [3.05, 3.63) is 82.9 Å². The molecule has 8 nitrogen and oxygen atoms in total. The summed E-state index contributed by atoms with van der Waals surface area (Å²) in [7, 11) is 8.00. The first-order chi connectivity index (χ1) is 20.2. The molecule has 2 unspecified atom stereocenters. The first kappa shape index (κ1) is 29.8. The zero-order valence-corrected chi connectivity index (χ0v) is 25.4. The number of methoxy groups -OCH3 is 1. The highest BCUT2D eigenvalue weighted by atomic mass is 16.5. The molecule has 2 fully saturated rings. The Bertz CT molecular complexity index is 1420. The number of likely N-dealkylation sites (tertiary alicyclic amines) is 1. The van der Waals surface area contributed by atoms with Gasteiger partial charge in [-0.05, 0) is 113 Å². The summed E-state index contributed by atoms with van der Waals surface area (Å²) in [5.74, 6) is 1.01. The summed E-state index contributed by atoms with van der Waals surface area (Å²) in [5, 5.41) is 5.09. The molecule has 0 saturated carbocycles. The topological polar surface area (TPSA) is 77.1 Å². The van der Waals surface area contributed by atoms with Crippen molar-refractivity contribution in [3.8, 4) is 16.9 Å². The van der Waals surface area contributed by atoms with Gasteiger partial charge in [0.05, 0.1) is 7.11 Å². The van der Waals surface area contributed by atoms with Gasteiger partial charge in [-0.1, -0.05) is 18.2 Å². The number of nitrogens with one attached hydrogen (secondary N) is 2. The molecule has 5 rings (SSSR count). The van der Waals surface area contributed by atoms with E-state index in [1.54, 1.807) is 7.11 Å². The molecular weight excluding hydrogens is 526 g/mol. The van der Waals surface area contributed by atoms with E-state index in [0.717, 1.165) is 79.1 Å². The minimum absolute atomic E-state index is 0.0854. The molecule has 0 spiro atoms. The van der Waals surface area contributed by atoms with Crippen LogP contribution in [-0.4, -0.2) is 87.1 Å². The standard InChI is InChI=1S/C34H43N5O3/c1-23-19-26(34(41)36-39-17-6-7-29(22-39)37(2)3)12-14-30(23)24-8-10-25(11-9-24)33(40)35-28-13-15-32(42-5)31(20-28)27-16-18-38(4)21-27/h8-15,19-20,27,29H,6-7,16-18,21-22H2,1-5H3,(H,35,40)(H,36,41). The molecular formula is C34H43N5O3. The highest BCUT2D eigenvalue weighted by Gasteiger charge is 2.25. The lowest BCUT2D eigenvalue weighted by atomic mass is 9.96. The average molecular weight is 570 g/mol. The predicted octanol–water partition coefficient (Wildman–Crippen LogP) is 5.01. The van der Waals surface area contributed by atoms with Gasteiger partial charge in [-0.25, -0.2) is 5.01 Å². The fourth-order valence-electron chi connectivity index (χ4n) is 6.14. The highest BCUT2D eigenvalue weighted by molar-refractivity contribution is 6.04. The lowest BCUT2D eigenvalue weighted by Crippen LogP contribution is -2.52. The van der Waals surface area contributed by atoms with E-state index in [1.807, 2.05) is 72.6 Å². The maximum Gasteiger partial charge on any atom is 0.265 e. The smallest absolute Gasteiger partial charge is 0.265 e. The van der Waals surface area contributed by atoms with Crippen molar-refractivity contribution in [2.75, 3.05) is 59.7 Å². The summed E-state index contributed by atoms with van der Waals surface area (Å²) < 4.78 is 5.61. The summed E-state index contributed by atoms with van der Waals surface area (Å²) in [6.45, 7) is 5.75.